The first-order valence-corrected chi connectivity index (χ1v) is 9.27. The molecule has 0 aliphatic heterocycles. The molecule has 7 nitrogen and oxygen atoms in total. The number of ether oxygens (including phenoxy) is 1. The highest BCUT2D eigenvalue weighted by molar-refractivity contribution is 5.70. The lowest BCUT2D eigenvalue weighted by atomic mass is 10.1. The number of hydrogen-bond donors (Lipinski definition) is 3. The molecule has 0 spiro atoms. The number of aliphatic hydroxyl groups is 1. The molecule has 3 aromatic rings. The van der Waals surface area contributed by atoms with Gasteiger partial charge in [-0.05, 0) is 31.2 Å². The SMILES string of the molecule is C[C@H](CO)Nc1nc(Nc2cccc(F)c2C#N)cc(-c2cccc(OC(F)(F)F)c2)n1. The van der Waals surface area contributed by atoms with E-state index in [1.807, 2.05) is 0 Å². The van der Waals surface area contributed by atoms with Crippen molar-refractivity contribution < 1.29 is 27.4 Å². The lowest BCUT2D eigenvalue weighted by molar-refractivity contribution is -0.274. The third kappa shape index (κ3) is 5.83. The summed E-state index contributed by atoms with van der Waals surface area (Å²) in [6, 6.07) is 12.0. The summed E-state index contributed by atoms with van der Waals surface area (Å²) in [7, 11) is 0. The van der Waals surface area contributed by atoms with Crippen molar-refractivity contribution in [1.29, 1.82) is 5.26 Å². The van der Waals surface area contributed by atoms with Crippen LogP contribution in [-0.4, -0.2) is 34.1 Å². The number of nitrogens with zero attached hydrogens (tertiary/aromatic N) is 3. The predicted octanol–water partition coefficient (Wildman–Crippen LogP) is 4.59. The van der Waals surface area contributed by atoms with Gasteiger partial charge in [0, 0.05) is 17.7 Å². The highest BCUT2D eigenvalue weighted by atomic mass is 19.4. The standard InChI is InChI=1S/C21H17F4N5O2/c1-12(11-31)27-20-29-18(13-4-2-5-14(8-13)32-21(23,24)25)9-19(30-20)28-17-7-3-6-16(22)15(17)10-26/h2-9,12,31H,11H2,1H3,(H2,27,28,29,30)/t12-/m1/s1. The molecule has 0 radical (unpaired) electrons. The van der Waals surface area contributed by atoms with Crippen LogP contribution in [0.1, 0.15) is 12.5 Å². The van der Waals surface area contributed by atoms with E-state index in [0.717, 1.165) is 18.2 Å². The normalized spacial score (nSPS) is 12.0. The summed E-state index contributed by atoms with van der Waals surface area (Å²) in [6.07, 6.45) is -4.86. The number of aliphatic hydroxyl groups excluding tert-OH is 1. The summed E-state index contributed by atoms with van der Waals surface area (Å²) in [5, 5.41) is 24.2. The molecule has 0 saturated carbocycles. The topological polar surface area (TPSA) is 103 Å². The molecule has 11 heteroatoms. The van der Waals surface area contributed by atoms with Gasteiger partial charge in [-0.2, -0.15) is 10.2 Å². The Kier molecular flexibility index (Phi) is 6.75. The van der Waals surface area contributed by atoms with Crippen LogP contribution < -0.4 is 15.4 Å². The van der Waals surface area contributed by atoms with Crippen LogP contribution in [0.25, 0.3) is 11.3 Å². The van der Waals surface area contributed by atoms with Crippen LogP contribution >= 0.6 is 0 Å². The van der Waals surface area contributed by atoms with Gasteiger partial charge >= 0.3 is 6.36 Å². The summed E-state index contributed by atoms with van der Waals surface area (Å²) >= 11 is 0. The molecule has 3 rings (SSSR count). The molecule has 0 amide bonds. The summed E-state index contributed by atoms with van der Waals surface area (Å²) in [6.45, 7) is 1.44. The molecule has 0 saturated heterocycles. The second-order valence-electron chi connectivity index (χ2n) is 6.66. The van der Waals surface area contributed by atoms with Gasteiger partial charge in [0.2, 0.25) is 5.95 Å². The number of hydrogen-bond acceptors (Lipinski definition) is 7. The van der Waals surface area contributed by atoms with Gasteiger partial charge in [0.1, 0.15) is 29.0 Å². The van der Waals surface area contributed by atoms with Crippen molar-refractivity contribution >= 4 is 17.5 Å². The van der Waals surface area contributed by atoms with Crippen molar-refractivity contribution in [2.45, 2.75) is 19.3 Å². The first-order chi connectivity index (χ1) is 15.2. The van der Waals surface area contributed by atoms with Crippen molar-refractivity contribution in [2.24, 2.45) is 0 Å². The number of aromatic nitrogens is 2. The zero-order chi connectivity index (χ0) is 23.3. The Morgan fingerprint density at radius 1 is 1.16 bits per heavy atom. The van der Waals surface area contributed by atoms with Gasteiger partial charge in [-0.15, -0.1) is 13.2 Å². The largest absolute Gasteiger partial charge is 0.573 e. The lowest BCUT2D eigenvalue weighted by Gasteiger charge is -2.15. The predicted molar refractivity (Wildman–Crippen MR) is 109 cm³/mol. The summed E-state index contributed by atoms with van der Waals surface area (Å²) in [4.78, 5) is 8.52. The van der Waals surface area contributed by atoms with Crippen LogP contribution in [0, 0.1) is 17.1 Å². The molecular formula is C21H17F4N5O2. The lowest BCUT2D eigenvalue weighted by Crippen LogP contribution is -2.21. The van der Waals surface area contributed by atoms with Crippen molar-refractivity contribution in [3.63, 3.8) is 0 Å². The maximum Gasteiger partial charge on any atom is 0.573 e. The Bertz CT molecular complexity index is 1150. The van der Waals surface area contributed by atoms with Crippen molar-refractivity contribution in [2.75, 3.05) is 17.2 Å². The zero-order valence-electron chi connectivity index (χ0n) is 16.6. The van der Waals surface area contributed by atoms with E-state index in [-0.39, 0.29) is 40.9 Å². The Labute approximate surface area is 180 Å². The van der Waals surface area contributed by atoms with Gasteiger partial charge < -0.3 is 20.5 Å². The fourth-order valence-electron chi connectivity index (χ4n) is 2.72. The highest BCUT2D eigenvalue weighted by Gasteiger charge is 2.31. The van der Waals surface area contributed by atoms with Crippen LogP contribution in [0.4, 0.5) is 35.0 Å². The zero-order valence-corrected chi connectivity index (χ0v) is 16.6. The number of anilines is 3. The fourth-order valence-corrected chi connectivity index (χ4v) is 2.72. The summed E-state index contributed by atoms with van der Waals surface area (Å²) < 4.78 is 55.6. The molecule has 1 aromatic heterocycles. The number of halogens is 4. The second kappa shape index (κ2) is 9.49. The van der Waals surface area contributed by atoms with E-state index in [9.17, 15) is 27.9 Å². The molecule has 1 atom stereocenters. The van der Waals surface area contributed by atoms with Crippen LogP contribution in [0.3, 0.4) is 0 Å². The number of nitriles is 1. The Balaban J connectivity index is 2.04. The average Bonchev–Trinajstić information content (AvgIpc) is 2.72. The quantitative estimate of drug-likeness (QED) is 0.455. The van der Waals surface area contributed by atoms with Gasteiger partial charge in [-0.25, -0.2) is 9.37 Å². The first-order valence-electron chi connectivity index (χ1n) is 9.27. The molecule has 0 bridgehead atoms. The highest BCUT2D eigenvalue weighted by Crippen LogP contribution is 2.30. The number of rotatable bonds is 7. The molecule has 0 aliphatic rings. The molecule has 32 heavy (non-hydrogen) atoms. The van der Waals surface area contributed by atoms with E-state index in [4.69, 9.17) is 0 Å². The van der Waals surface area contributed by atoms with Crippen molar-refractivity contribution in [3.8, 4) is 23.1 Å². The smallest absolute Gasteiger partial charge is 0.406 e. The second-order valence-corrected chi connectivity index (χ2v) is 6.66. The average molecular weight is 447 g/mol. The van der Waals surface area contributed by atoms with Gasteiger partial charge in [-0.1, -0.05) is 18.2 Å². The Hall–Kier alpha value is -3.91. The van der Waals surface area contributed by atoms with Crippen molar-refractivity contribution in [1.82, 2.24) is 9.97 Å². The van der Waals surface area contributed by atoms with Gasteiger partial charge in [-0.3, -0.25) is 0 Å². The molecule has 0 fully saturated rings. The Morgan fingerprint density at radius 2 is 1.91 bits per heavy atom. The molecule has 2 aromatic carbocycles. The summed E-state index contributed by atoms with van der Waals surface area (Å²) in [5.41, 5.74) is 0.424. The van der Waals surface area contributed by atoms with E-state index >= 15 is 0 Å². The fraction of sp³-hybridized carbons (Fsp3) is 0.190. The maximum absolute atomic E-state index is 13.9. The summed E-state index contributed by atoms with van der Waals surface area (Å²) in [5.74, 6) is -0.954. The van der Waals surface area contributed by atoms with Crippen LogP contribution in [-0.2, 0) is 0 Å². The molecule has 3 N–H and O–H groups in total. The van der Waals surface area contributed by atoms with E-state index in [1.54, 1.807) is 13.0 Å². The van der Waals surface area contributed by atoms with Gasteiger partial charge in [0.25, 0.3) is 0 Å². The first kappa shape index (κ1) is 22.8. The van der Waals surface area contributed by atoms with E-state index < -0.39 is 24.0 Å². The van der Waals surface area contributed by atoms with E-state index in [2.05, 4.69) is 25.3 Å². The van der Waals surface area contributed by atoms with Crippen LogP contribution in [0.5, 0.6) is 5.75 Å². The molecule has 1 heterocycles. The maximum atomic E-state index is 13.9. The number of benzene rings is 2. The van der Waals surface area contributed by atoms with Gasteiger partial charge in [0.05, 0.1) is 18.0 Å². The minimum absolute atomic E-state index is 0.0589. The molecular weight excluding hydrogens is 430 g/mol. The van der Waals surface area contributed by atoms with Gasteiger partial charge in [0.15, 0.2) is 0 Å². The molecule has 0 aliphatic carbocycles. The van der Waals surface area contributed by atoms with Crippen LogP contribution in [0.15, 0.2) is 48.5 Å². The monoisotopic (exact) mass is 447 g/mol. The molecule has 0 unspecified atom stereocenters. The minimum Gasteiger partial charge on any atom is -0.406 e. The molecule has 166 valence electrons. The van der Waals surface area contributed by atoms with E-state index in [1.165, 1.54) is 30.3 Å². The Morgan fingerprint density at radius 3 is 2.59 bits per heavy atom. The minimum atomic E-state index is -4.86. The number of alkyl halides is 3. The van der Waals surface area contributed by atoms with E-state index in [0.29, 0.717) is 0 Å². The van der Waals surface area contributed by atoms with Crippen molar-refractivity contribution in [3.05, 3.63) is 59.9 Å². The third-order valence-corrected chi connectivity index (χ3v) is 4.13. The third-order valence-electron chi connectivity index (χ3n) is 4.13. The van der Waals surface area contributed by atoms with Crippen LogP contribution in [0.2, 0.25) is 0 Å². The number of nitrogens with one attached hydrogen (secondary N) is 2.